The van der Waals surface area contributed by atoms with Crippen LogP contribution in [0.3, 0.4) is 0 Å². The Morgan fingerprint density at radius 1 is 0.853 bits per heavy atom. The van der Waals surface area contributed by atoms with Crippen molar-refractivity contribution in [2.45, 2.75) is 31.5 Å². The molecule has 4 rings (SSSR count). The normalized spacial score (nSPS) is 16.7. The first-order chi connectivity index (χ1) is 16.1. The van der Waals surface area contributed by atoms with Crippen LogP contribution >= 0.6 is 0 Å². The van der Waals surface area contributed by atoms with Crippen LogP contribution < -0.4 is 5.32 Å². The number of alkyl halides is 3. The van der Waals surface area contributed by atoms with Crippen LogP contribution in [0.4, 0.5) is 18.9 Å². The highest BCUT2D eigenvalue weighted by atomic mass is 19.4. The minimum absolute atomic E-state index is 0.186. The Hall–Kier alpha value is -3.81. The topological polar surface area (TPSA) is 86.6 Å². The molecule has 1 aliphatic carbocycles. The SMILES string of the molecule is O=C(O)C(F)(F)F.O=C(O)[C@H]1C[C@@H]1c1ccc(NCc2cccc(Cc3ccccc3)c2)cc1. The predicted molar refractivity (Wildman–Crippen MR) is 122 cm³/mol. The fourth-order valence-electron chi connectivity index (χ4n) is 3.57. The summed E-state index contributed by atoms with van der Waals surface area (Å²) in [5.74, 6) is -3.45. The monoisotopic (exact) mass is 471 g/mol. The summed E-state index contributed by atoms with van der Waals surface area (Å²) in [5.41, 5.74) is 6.06. The van der Waals surface area contributed by atoms with Gasteiger partial charge in [-0.15, -0.1) is 0 Å². The zero-order chi connectivity index (χ0) is 24.7. The first kappa shape index (κ1) is 24.8. The minimum atomic E-state index is -5.08. The maximum absolute atomic E-state index is 11.0. The van der Waals surface area contributed by atoms with Crippen molar-refractivity contribution in [3.05, 3.63) is 101 Å². The maximum Gasteiger partial charge on any atom is 0.490 e. The number of carbonyl (C=O) groups is 2. The molecule has 0 bridgehead atoms. The van der Waals surface area contributed by atoms with Crippen LogP contribution in [0.5, 0.6) is 0 Å². The Balaban J connectivity index is 0.000000406. The summed E-state index contributed by atoms with van der Waals surface area (Å²) in [7, 11) is 0. The number of nitrogens with one attached hydrogen (secondary N) is 1. The average Bonchev–Trinajstić information content (AvgIpc) is 3.60. The van der Waals surface area contributed by atoms with Gasteiger partial charge < -0.3 is 15.5 Å². The molecule has 0 aromatic heterocycles. The fourth-order valence-corrected chi connectivity index (χ4v) is 3.57. The van der Waals surface area contributed by atoms with Crippen LogP contribution in [-0.2, 0) is 22.6 Å². The van der Waals surface area contributed by atoms with E-state index in [4.69, 9.17) is 15.0 Å². The Labute approximate surface area is 194 Å². The second-order valence-electron chi connectivity index (χ2n) is 8.05. The lowest BCUT2D eigenvalue weighted by molar-refractivity contribution is -0.192. The first-order valence-corrected chi connectivity index (χ1v) is 10.6. The van der Waals surface area contributed by atoms with E-state index in [2.05, 4.69) is 53.8 Å². The number of benzene rings is 3. The molecule has 0 amide bonds. The van der Waals surface area contributed by atoms with E-state index < -0.39 is 18.1 Å². The van der Waals surface area contributed by atoms with Crippen molar-refractivity contribution >= 4 is 17.6 Å². The molecule has 34 heavy (non-hydrogen) atoms. The molecule has 0 heterocycles. The highest BCUT2D eigenvalue weighted by Crippen LogP contribution is 2.47. The summed E-state index contributed by atoms with van der Waals surface area (Å²) in [6, 6.07) is 27.3. The van der Waals surface area contributed by atoms with Crippen molar-refractivity contribution in [3.63, 3.8) is 0 Å². The summed E-state index contributed by atoms with van der Waals surface area (Å²) in [4.78, 5) is 19.9. The molecule has 3 N–H and O–H groups in total. The van der Waals surface area contributed by atoms with Gasteiger partial charge in [0.1, 0.15) is 0 Å². The summed E-state index contributed by atoms with van der Waals surface area (Å²) >= 11 is 0. The lowest BCUT2D eigenvalue weighted by Gasteiger charge is -2.09. The van der Waals surface area contributed by atoms with Crippen LogP contribution in [0.1, 0.15) is 34.6 Å². The fraction of sp³-hybridized carbons (Fsp3) is 0.231. The molecule has 1 aliphatic rings. The Bertz CT molecular complexity index is 1110. The van der Waals surface area contributed by atoms with Gasteiger partial charge >= 0.3 is 18.1 Å². The van der Waals surface area contributed by atoms with E-state index in [1.807, 2.05) is 30.3 Å². The van der Waals surface area contributed by atoms with Gasteiger partial charge in [0.05, 0.1) is 5.92 Å². The first-order valence-electron chi connectivity index (χ1n) is 10.6. The van der Waals surface area contributed by atoms with Gasteiger partial charge in [-0.1, -0.05) is 66.7 Å². The van der Waals surface area contributed by atoms with E-state index in [0.717, 1.165) is 30.6 Å². The molecular weight excluding hydrogens is 447 g/mol. The molecule has 0 spiro atoms. The molecule has 2 atom stereocenters. The van der Waals surface area contributed by atoms with Crippen LogP contribution in [0.25, 0.3) is 0 Å². The van der Waals surface area contributed by atoms with Gasteiger partial charge in [0.25, 0.3) is 0 Å². The number of hydrogen-bond acceptors (Lipinski definition) is 3. The highest BCUT2D eigenvalue weighted by molar-refractivity contribution is 5.75. The number of hydrogen-bond donors (Lipinski definition) is 3. The van der Waals surface area contributed by atoms with Crippen molar-refractivity contribution in [1.82, 2.24) is 0 Å². The van der Waals surface area contributed by atoms with Crippen molar-refractivity contribution in [2.75, 3.05) is 5.32 Å². The number of aliphatic carboxylic acids is 2. The summed E-state index contributed by atoms with van der Waals surface area (Å²) in [6.07, 6.45) is -3.38. The van der Waals surface area contributed by atoms with Crippen LogP contribution in [0, 0.1) is 5.92 Å². The van der Waals surface area contributed by atoms with Gasteiger partial charge in [0, 0.05) is 12.2 Å². The van der Waals surface area contributed by atoms with Gasteiger partial charge in [-0.3, -0.25) is 4.79 Å². The molecule has 0 unspecified atom stereocenters. The zero-order valence-electron chi connectivity index (χ0n) is 18.1. The van der Waals surface area contributed by atoms with Crippen LogP contribution in [-0.4, -0.2) is 28.3 Å². The number of carboxylic acids is 2. The molecule has 8 heteroatoms. The Morgan fingerprint density at radius 3 is 2.00 bits per heavy atom. The molecule has 0 radical (unpaired) electrons. The van der Waals surface area contributed by atoms with Crippen molar-refractivity contribution in [2.24, 2.45) is 5.92 Å². The van der Waals surface area contributed by atoms with Gasteiger partial charge in [0.15, 0.2) is 0 Å². The summed E-state index contributed by atoms with van der Waals surface area (Å²) in [6.45, 7) is 0.767. The molecule has 3 aromatic carbocycles. The number of rotatable bonds is 7. The van der Waals surface area contributed by atoms with Crippen LogP contribution in [0.15, 0.2) is 78.9 Å². The third-order valence-electron chi connectivity index (χ3n) is 5.43. The van der Waals surface area contributed by atoms with Crippen molar-refractivity contribution < 1.29 is 33.0 Å². The molecule has 5 nitrogen and oxygen atoms in total. The van der Waals surface area contributed by atoms with Gasteiger partial charge in [-0.05, 0) is 53.1 Å². The highest BCUT2D eigenvalue weighted by Gasteiger charge is 2.44. The van der Waals surface area contributed by atoms with E-state index >= 15 is 0 Å². The summed E-state index contributed by atoms with van der Waals surface area (Å²) in [5, 5.41) is 19.6. The smallest absolute Gasteiger partial charge is 0.481 e. The van der Waals surface area contributed by atoms with Crippen molar-refractivity contribution in [1.29, 1.82) is 0 Å². The Morgan fingerprint density at radius 2 is 1.44 bits per heavy atom. The molecule has 178 valence electrons. The number of halogens is 3. The van der Waals surface area contributed by atoms with Gasteiger partial charge in [-0.2, -0.15) is 13.2 Å². The van der Waals surface area contributed by atoms with Gasteiger partial charge in [0.2, 0.25) is 0 Å². The van der Waals surface area contributed by atoms with E-state index in [0.29, 0.717) is 0 Å². The van der Waals surface area contributed by atoms with E-state index in [9.17, 15) is 18.0 Å². The maximum atomic E-state index is 11.0. The second-order valence-corrected chi connectivity index (χ2v) is 8.05. The lowest BCUT2D eigenvalue weighted by Crippen LogP contribution is -2.21. The van der Waals surface area contributed by atoms with E-state index in [1.165, 1.54) is 16.7 Å². The predicted octanol–water partition coefficient (Wildman–Crippen LogP) is 5.71. The largest absolute Gasteiger partial charge is 0.490 e. The second kappa shape index (κ2) is 10.9. The molecule has 3 aromatic rings. The van der Waals surface area contributed by atoms with E-state index in [1.54, 1.807) is 0 Å². The molecule has 1 fully saturated rings. The molecule has 0 aliphatic heterocycles. The minimum Gasteiger partial charge on any atom is -0.481 e. The molecule has 0 saturated heterocycles. The molecule has 1 saturated carbocycles. The van der Waals surface area contributed by atoms with E-state index in [-0.39, 0.29) is 11.8 Å². The third kappa shape index (κ3) is 7.37. The average molecular weight is 471 g/mol. The summed E-state index contributed by atoms with van der Waals surface area (Å²) < 4.78 is 31.7. The lowest BCUT2D eigenvalue weighted by atomic mass is 10.0. The quantitative estimate of drug-likeness (QED) is 0.411. The van der Waals surface area contributed by atoms with Gasteiger partial charge in [-0.25, -0.2) is 4.79 Å². The number of carboxylic acid groups (broad SMARTS) is 2. The Kier molecular flexibility index (Phi) is 7.94. The molecular formula is C26H24F3NO4. The number of anilines is 1. The third-order valence-corrected chi connectivity index (χ3v) is 5.43. The van der Waals surface area contributed by atoms with Crippen LogP contribution in [0.2, 0.25) is 0 Å². The standard InChI is InChI=1S/C24H23NO2.C2HF3O2/c26-24(27)23-15-22(23)20-9-11-21(12-10-20)25-16-19-8-4-7-18(14-19)13-17-5-2-1-3-6-17;3-2(4,5)1(6)7/h1-12,14,22-23,25H,13,15-16H2,(H,26,27);(H,6,7)/t22-,23+;/m1./s1. The zero-order valence-corrected chi connectivity index (χ0v) is 18.1. The van der Waals surface area contributed by atoms with Crippen molar-refractivity contribution in [3.8, 4) is 0 Å².